The molecular formula is C53H106NO8P. The van der Waals surface area contributed by atoms with Gasteiger partial charge in [0.2, 0.25) is 0 Å². The molecule has 0 aliphatic rings. The van der Waals surface area contributed by atoms with Gasteiger partial charge < -0.3 is 20.1 Å². The van der Waals surface area contributed by atoms with E-state index >= 15 is 0 Å². The first kappa shape index (κ1) is 62.0. The molecule has 0 aliphatic carbocycles. The molecule has 2 unspecified atom stereocenters. The van der Waals surface area contributed by atoms with Crippen LogP contribution >= 0.6 is 7.82 Å². The summed E-state index contributed by atoms with van der Waals surface area (Å²) in [5.74, 6) is -0.822. The Morgan fingerprint density at radius 3 is 0.968 bits per heavy atom. The third-order valence-corrected chi connectivity index (χ3v) is 13.5. The van der Waals surface area contributed by atoms with Crippen molar-refractivity contribution >= 4 is 19.8 Å². The Balaban J connectivity index is 3.61. The van der Waals surface area contributed by atoms with Gasteiger partial charge in [0, 0.05) is 19.4 Å². The van der Waals surface area contributed by atoms with Gasteiger partial charge in [-0.15, -0.1) is 0 Å². The first-order valence-electron chi connectivity index (χ1n) is 27.5. The molecule has 0 spiro atoms. The zero-order valence-electron chi connectivity index (χ0n) is 41.8. The second-order valence-electron chi connectivity index (χ2n) is 18.8. The van der Waals surface area contributed by atoms with Crippen LogP contribution in [0.25, 0.3) is 0 Å². The predicted molar refractivity (Wildman–Crippen MR) is 266 cm³/mol. The fourth-order valence-electron chi connectivity index (χ4n) is 8.40. The number of ether oxygens (including phenoxy) is 2. The lowest BCUT2D eigenvalue weighted by molar-refractivity contribution is -0.161. The van der Waals surface area contributed by atoms with Gasteiger partial charge in [-0.2, -0.15) is 0 Å². The van der Waals surface area contributed by atoms with E-state index in [1.165, 1.54) is 225 Å². The van der Waals surface area contributed by atoms with Gasteiger partial charge >= 0.3 is 19.8 Å². The number of carbonyl (C=O) groups excluding carboxylic acids is 2. The lowest BCUT2D eigenvalue weighted by Gasteiger charge is -2.19. The maximum absolute atomic E-state index is 12.6. The van der Waals surface area contributed by atoms with Crippen LogP contribution in [0.5, 0.6) is 0 Å². The van der Waals surface area contributed by atoms with Crippen LogP contribution in [0.3, 0.4) is 0 Å². The molecule has 2 atom stereocenters. The molecule has 0 radical (unpaired) electrons. The Morgan fingerprint density at radius 2 is 0.683 bits per heavy atom. The van der Waals surface area contributed by atoms with E-state index in [9.17, 15) is 19.0 Å². The Hall–Kier alpha value is -0.990. The minimum atomic E-state index is -4.36. The quantitative estimate of drug-likeness (QED) is 0.0347. The van der Waals surface area contributed by atoms with Crippen molar-refractivity contribution in [1.29, 1.82) is 0 Å². The summed E-state index contributed by atoms with van der Waals surface area (Å²) in [5, 5.41) is 0. The fraction of sp³-hybridized carbons (Fsp3) is 0.962. The molecule has 376 valence electrons. The van der Waals surface area contributed by atoms with E-state index in [-0.39, 0.29) is 38.6 Å². The molecule has 0 saturated carbocycles. The lowest BCUT2D eigenvalue weighted by Crippen LogP contribution is -2.29. The molecule has 9 nitrogen and oxygen atoms in total. The molecule has 3 N–H and O–H groups in total. The number of carbonyl (C=O) groups is 2. The number of hydrogen-bond donors (Lipinski definition) is 2. The zero-order chi connectivity index (χ0) is 46.0. The van der Waals surface area contributed by atoms with Crippen LogP contribution in [-0.2, 0) is 32.7 Å². The monoisotopic (exact) mass is 916 g/mol. The van der Waals surface area contributed by atoms with Gasteiger partial charge in [0.05, 0.1) is 13.2 Å². The summed E-state index contributed by atoms with van der Waals surface area (Å²) in [6.07, 6.45) is 55.2. The van der Waals surface area contributed by atoms with E-state index < -0.39 is 26.5 Å². The minimum absolute atomic E-state index is 0.0577. The number of rotatable bonds is 53. The molecule has 10 heteroatoms. The number of esters is 2. The summed E-state index contributed by atoms with van der Waals surface area (Å²) in [5.41, 5.74) is 5.34. The van der Waals surface area contributed by atoms with Crippen molar-refractivity contribution in [3.05, 3.63) is 0 Å². The molecule has 0 aromatic heterocycles. The van der Waals surface area contributed by atoms with Gasteiger partial charge in [-0.25, -0.2) is 4.57 Å². The van der Waals surface area contributed by atoms with Crippen molar-refractivity contribution in [2.75, 3.05) is 26.4 Å². The summed E-state index contributed by atoms with van der Waals surface area (Å²) in [7, 11) is -4.36. The Labute approximate surface area is 390 Å². The number of phosphoric acid groups is 1. The molecule has 0 aromatic carbocycles. The van der Waals surface area contributed by atoms with E-state index in [2.05, 4.69) is 13.8 Å². The van der Waals surface area contributed by atoms with Crippen LogP contribution < -0.4 is 5.73 Å². The predicted octanol–water partition coefficient (Wildman–Crippen LogP) is 16.7. The normalized spacial score (nSPS) is 13.0. The molecular weight excluding hydrogens is 810 g/mol. The Kier molecular flexibility index (Phi) is 49.6. The van der Waals surface area contributed by atoms with E-state index in [1.54, 1.807) is 0 Å². The van der Waals surface area contributed by atoms with Crippen LogP contribution in [0.15, 0.2) is 0 Å². The van der Waals surface area contributed by atoms with E-state index in [0.717, 1.165) is 38.5 Å². The summed E-state index contributed by atoms with van der Waals surface area (Å²) in [6, 6.07) is 0. The SMILES string of the molecule is CCCCCCCCCCCCCCCCCCCCCCCCCCCCCCCCCCCCCCC(=O)OC(COC(=O)CCCCCCCC)COP(=O)(O)OCCN. The van der Waals surface area contributed by atoms with Gasteiger partial charge in [0.1, 0.15) is 6.61 Å². The van der Waals surface area contributed by atoms with Gasteiger partial charge in [0.25, 0.3) is 0 Å². The molecule has 0 heterocycles. The molecule has 0 rings (SSSR count). The van der Waals surface area contributed by atoms with Crippen molar-refractivity contribution in [2.45, 2.75) is 302 Å². The molecule has 0 bridgehead atoms. The van der Waals surface area contributed by atoms with Crippen LogP contribution in [0.4, 0.5) is 0 Å². The highest BCUT2D eigenvalue weighted by molar-refractivity contribution is 7.47. The van der Waals surface area contributed by atoms with Gasteiger partial charge in [-0.05, 0) is 12.8 Å². The van der Waals surface area contributed by atoms with Gasteiger partial charge in [0.15, 0.2) is 6.10 Å². The van der Waals surface area contributed by atoms with Gasteiger partial charge in [-0.3, -0.25) is 18.6 Å². The largest absolute Gasteiger partial charge is 0.472 e. The highest BCUT2D eigenvalue weighted by atomic mass is 31.2. The molecule has 0 saturated heterocycles. The second kappa shape index (κ2) is 50.4. The van der Waals surface area contributed by atoms with E-state index in [1.807, 2.05) is 0 Å². The third kappa shape index (κ3) is 50.3. The summed E-state index contributed by atoms with van der Waals surface area (Å²) >= 11 is 0. The smallest absolute Gasteiger partial charge is 0.462 e. The Morgan fingerprint density at radius 1 is 0.413 bits per heavy atom. The summed E-state index contributed by atoms with van der Waals surface area (Å²) in [4.78, 5) is 34.7. The lowest BCUT2D eigenvalue weighted by atomic mass is 10.0. The van der Waals surface area contributed by atoms with Crippen molar-refractivity contribution in [1.82, 2.24) is 0 Å². The molecule has 0 aliphatic heterocycles. The molecule has 0 amide bonds. The average Bonchev–Trinajstić information content (AvgIpc) is 3.27. The molecule has 0 fully saturated rings. The maximum Gasteiger partial charge on any atom is 0.472 e. The zero-order valence-corrected chi connectivity index (χ0v) is 42.7. The van der Waals surface area contributed by atoms with Crippen LogP contribution in [-0.4, -0.2) is 49.3 Å². The molecule has 0 aromatic rings. The second-order valence-corrected chi connectivity index (χ2v) is 20.3. The average molecular weight is 916 g/mol. The highest BCUT2D eigenvalue weighted by Crippen LogP contribution is 2.43. The van der Waals surface area contributed by atoms with E-state index in [0.29, 0.717) is 6.42 Å². The number of phosphoric ester groups is 1. The maximum atomic E-state index is 12.6. The third-order valence-electron chi connectivity index (χ3n) is 12.5. The van der Waals surface area contributed by atoms with Gasteiger partial charge in [-0.1, -0.05) is 271 Å². The van der Waals surface area contributed by atoms with Crippen molar-refractivity contribution in [2.24, 2.45) is 5.73 Å². The first-order valence-corrected chi connectivity index (χ1v) is 29.0. The highest BCUT2D eigenvalue weighted by Gasteiger charge is 2.26. The minimum Gasteiger partial charge on any atom is -0.462 e. The topological polar surface area (TPSA) is 134 Å². The summed E-state index contributed by atoms with van der Waals surface area (Å²) in [6.45, 7) is 3.71. The van der Waals surface area contributed by atoms with Crippen LogP contribution in [0, 0.1) is 0 Å². The first-order chi connectivity index (χ1) is 30.8. The number of nitrogens with two attached hydrogens (primary N) is 1. The van der Waals surface area contributed by atoms with Crippen LogP contribution in [0.1, 0.15) is 296 Å². The van der Waals surface area contributed by atoms with Crippen molar-refractivity contribution in [3.63, 3.8) is 0 Å². The number of unbranched alkanes of at least 4 members (excludes halogenated alkanes) is 40. The summed E-state index contributed by atoms with van der Waals surface area (Å²) < 4.78 is 32.7. The number of hydrogen-bond acceptors (Lipinski definition) is 8. The Bertz CT molecular complexity index is 1000. The molecule has 63 heavy (non-hydrogen) atoms. The standard InChI is InChI=1S/C53H106NO8P/c1-3-5-7-9-11-12-13-14-15-16-17-18-19-20-21-22-23-24-25-26-27-28-29-30-31-32-33-34-35-36-37-38-39-40-42-44-46-53(56)62-51(50-61-63(57,58)60-48-47-54)49-59-52(55)45-43-41-10-8-6-4-2/h51H,3-50,54H2,1-2H3,(H,57,58). The van der Waals surface area contributed by atoms with Crippen molar-refractivity contribution < 1.29 is 37.6 Å². The fourth-order valence-corrected chi connectivity index (χ4v) is 9.17. The van der Waals surface area contributed by atoms with E-state index in [4.69, 9.17) is 24.3 Å². The van der Waals surface area contributed by atoms with Crippen LogP contribution in [0.2, 0.25) is 0 Å². The van der Waals surface area contributed by atoms with Crippen molar-refractivity contribution in [3.8, 4) is 0 Å².